The molecule has 0 saturated carbocycles. The highest BCUT2D eigenvalue weighted by Gasteiger charge is 2.14. The summed E-state index contributed by atoms with van der Waals surface area (Å²) >= 11 is 4.92. The Balaban J connectivity index is 1.53. The SMILES string of the molecule is Cc1ccc(S[C@@H](C)C(=O)NCc2ccc(-c3csc(C)n3)s2)cc1. The van der Waals surface area contributed by atoms with Crippen molar-refractivity contribution in [3.63, 3.8) is 0 Å². The van der Waals surface area contributed by atoms with Gasteiger partial charge in [-0.3, -0.25) is 4.79 Å². The lowest BCUT2D eigenvalue weighted by molar-refractivity contribution is -0.120. The highest BCUT2D eigenvalue weighted by atomic mass is 32.2. The van der Waals surface area contributed by atoms with Gasteiger partial charge in [-0.2, -0.15) is 0 Å². The molecule has 0 saturated heterocycles. The zero-order valence-electron chi connectivity index (χ0n) is 14.4. The fraction of sp³-hybridized carbons (Fsp3) is 0.263. The first-order valence-electron chi connectivity index (χ1n) is 8.03. The van der Waals surface area contributed by atoms with E-state index in [0.29, 0.717) is 6.54 Å². The normalized spacial score (nSPS) is 12.1. The van der Waals surface area contributed by atoms with E-state index in [1.54, 1.807) is 34.4 Å². The Morgan fingerprint density at radius 2 is 1.96 bits per heavy atom. The van der Waals surface area contributed by atoms with E-state index in [0.717, 1.165) is 25.4 Å². The van der Waals surface area contributed by atoms with Crippen LogP contribution in [0.25, 0.3) is 10.6 Å². The average Bonchev–Trinajstić information content (AvgIpc) is 3.23. The Kier molecular flexibility index (Phi) is 5.93. The summed E-state index contributed by atoms with van der Waals surface area (Å²) in [7, 11) is 0. The van der Waals surface area contributed by atoms with E-state index in [4.69, 9.17) is 0 Å². The summed E-state index contributed by atoms with van der Waals surface area (Å²) < 4.78 is 0. The van der Waals surface area contributed by atoms with Gasteiger partial charge in [0.2, 0.25) is 5.91 Å². The van der Waals surface area contributed by atoms with Gasteiger partial charge in [0.05, 0.1) is 27.4 Å². The van der Waals surface area contributed by atoms with Crippen molar-refractivity contribution in [3.8, 4) is 10.6 Å². The van der Waals surface area contributed by atoms with Crippen molar-refractivity contribution in [2.45, 2.75) is 37.5 Å². The molecule has 2 heterocycles. The molecular weight excluding hydrogens is 368 g/mol. The zero-order chi connectivity index (χ0) is 17.8. The van der Waals surface area contributed by atoms with E-state index in [-0.39, 0.29) is 11.2 Å². The van der Waals surface area contributed by atoms with Crippen molar-refractivity contribution in [1.29, 1.82) is 0 Å². The fourth-order valence-corrected chi connectivity index (χ4v) is 4.77. The molecule has 0 unspecified atom stereocenters. The number of carbonyl (C=O) groups excluding carboxylic acids is 1. The maximum atomic E-state index is 12.3. The molecule has 1 aromatic carbocycles. The standard InChI is InChI=1S/C19H20N2OS3/c1-12-4-6-15(7-5-12)24-13(2)19(22)20-10-16-8-9-18(25-16)17-11-23-14(3)21-17/h4-9,11,13H,10H2,1-3H3,(H,20,22)/t13-/m0/s1. The van der Waals surface area contributed by atoms with Crippen LogP contribution in [0.4, 0.5) is 0 Å². The lowest BCUT2D eigenvalue weighted by Crippen LogP contribution is -2.30. The van der Waals surface area contributed by atoms with Crippen molar-refractivity contribution < 1.29 is 4.79 Å². The summed E-state index contributed by atoms with van der Waals surface area (Å²) in [5, 5.41) is 6.05. The van der Waals surface area contributed by atoms with Gasteiger partial charge in [-0.05, 0) is 45.0 Å². The highest BCUT2D eigenvalue weighted by molar-refractivity contribution is 8.00. The minimum atomic E-state index is -0.122. The Bertz CT molecular complexity index is 852. The number of carbonyl (C=O) groups is 1. The molecule has 0 aliphatic heterocycles. The van der Waals surface area contributed by atoms with Crippen LogP contribution in [0.15, 0.2) is 46.7 Å². The van der Waals surface area contributed by atoms with Crippen LogP contribution >= 0.6 is 34.4 Å². The second-order valence-corrected chi connectivity index (χ2v) is 9.45. The molecule has 0 fully saturated rings. The Morgan fingerprint density at radius 3 is 2.64 bits per heavy atom. The first-order chi connectivity index (χ1) is 12.0. The fourth-order valence-electron chi connectivity index (χ4n) is 2.28. The summed E-state index contributed by atoms with van der Waals surface area (Å²) in [4.78, 5) is 20.2. The molecule has 25 heavy (non-hydrogen) atoms. The van der Waals surface area contributed by atoms with Crippen molar-refractivity contribution >= 4 is 40.3 Å². The van der Waals surface area contributed by atoms with Crippen molar-refractivity contribution in [2.75, 3.05) is 0 Å². The summed E-state index contributed by atoms with van der Waals surface area (Å²) in [6, 6.07) is 12.4. The number of benzene rings is 1. The maximum Gasteiger partial charge on any atom is 0.233 e. The Hall–Kier alpha value is -1.63. The number of amides is 1. The van der Waals surface area contributed by atoms with Crippen LogP contribution in [-0.4, -0.2) is 16.1 Å². The molecule has 130 valence electrons. The third-order valence-corrected chi connectivity index (χ3v) is 6.67. The van der Waals surface area contributed by atoms with Crippen molar-refractivity contribution in [3.05, 3.63) is 57.2 Å². The third kappa shape index (κ3) is 4.93. The number of aromatic nitrogens is 1. The highest BCUT2D eigenvalue weighted by Crippen LogP contribution is 2.29. The first-order valence-corrected chi connectivity index (χ1v) is 10.6. The first kappa shape index (κ1) is 18.2. The van der Waals surface area contributed by atoms with Gasteiger partial charge in [0.15, 0.2) is 0 Å². The molecule has 1 atom stereocenters. The molecule has 0 radical (unpaired) electrons. The number of aryl methyl sites for hydroxylation is 2. The monoisotopic (exact) mass is 388 g/mol. The van der Waals surface area contributed by atoms with E-state index in [1.165, 1.54) is 5.56 Å². The van der Waals surface area contributed by atoms with Crippen LogP contribution in [0, 0.1) is 13.8 Å². The van der Waals surface area contributed by atoms with Crippen LogP contribution in [0.5, 0.6) is 0 Å². The number of rotatable bonds is 6. The molecule has 3 nitrogen and oxygen atoms in total. The molecular formula is C19H20N2OS3. The molecule has 0 bridgehead atoms. The van der Waals surface area contributed by atoms with E-state index in [1.807, 2.05) is 13.8 Å². The number of nitrogens with one attached hydrogen (secondary N) is 1. The lowest BCUT2D eigenvalue weighted by atomic mass is 10.2. The zero-order valence-corrected chi connectivity index (χ0v) is 16.9. The molecule has 2 aromatic heterocycles. The minimum absolute atomic E-state index is 0.0602. The van der Waals surface area contributed by atoms with Crippen LogP contribution in [0.2, 0.25) is 0 Å². The summed E-state index contributed by atoms with van der Waals surface area (Å²) in [6.07, 6.45) is 0. The van der Waals surface area contributed by atoms with Gasteiger partial charge in [-0.15, -0.1) is 34.4 Å². The summed E-state index contributed by atoms with van der Waals surface area (Å²) in [5.41, 5.74) is 2.25. The van der Waals surface area contributed by atoms with Gasteiger partial charge >= 0.3 is 0 Å². The predicted octanol–water partition coefficient (Wildman–Crippen LogP) is 5.29. The van der Waals surface area contributed by atoms with E-state index >= 15 is 0 Å². The maximum absolute atomic E-state index is 12.3. The third-order valence-electron chi connectivity index (χ3n) is 3.67. The number of nitrogens with zero attached hydrogens (tertiary/aromatic N) is 1. The van der Waals surface area contributed by atoms with Gasteiger partial charge in [-0.1, -0.05) is 17.7 Å². The number of thiazole rings is 1. The quantitative estimate of drug-likeness (QED) is 0.584. The second-order valence-electron chi connectivity index (χ2n) is 5.81. The Labute approximate surface area is 160 Å². The molecule has 1 amide bonds. The minimum Gasteiger partial charge on any atom is -0.350 e. The molecule has 1 N–H and O–H groups in total. The predicted molar refractivity (Wildman–Crippen MR) is 109 cm³/mol. The molecule has 0 aliphatic carbocycles. The van der Waals surface area contributed by atoms with Gasteiger partial charge in [0.1, 0.15) is 0 Å². The van der Waals surface area contributed by atoms with Gasteiger partial charge in [-0.25, -0.2) is 4.98 Å². The number of hydrogen-bond donors (Lipinski definition) is 1. The molecule has 3 aromatic rings. The summed E-state index contributed by atoms with van der Waals surface area (Å²) in [5.74, 6) is 0.0602. The number of thiophene rings is 1. The van der Waals surface area contributed by atoms with Crippen LogP contribution < -0.4 is 5.32 Å². The molecule has 6 heteroatoms. The largest absolute Gasteiger partial charge is 0.350 e. The summed E-state index contributed by atoms with van der Waals surface area (Å²) in [6.45, 7) is 6.58. The molecule has 3 rings (SSSR count). The Morgan fingerprint density at radius 1 is 1.20 bits per heavy atom. The van der Waals surface area contributed by atoms with Crippen LogP contribution in [-0.2, 0) is 11.3 Å². The smallest absolute Gasteiger partial charge is 0.233 e. The van der Waals surface area contributed by atoms with E-state index < -0.39 is 0 Å². The lowest BCUT2D eigenvalue weighted by Gasteiger charge is -2.11. The topological polar surface area (TPSA) is 42.0 Å². The molecule has 0 spiro atoms. The molecule has 0 aliphatic rings. The van der Waals surface area contributed by atoms with Crippen LogP contribution in [0.1, 0.15) is 22.4 Å². The van der Waals surface area contributed by atoms with Crippen molar-refractivity contribution in [1.82, 2.24) is 10.3 Å². The second kappa shape index (κ2) is 8.17. The van der Waals surface area contributed by atoms with Crippen LogP contribution in [0.3, 0.4) is 0 Å². The van der Waals surface area contributed by atoms with Gasteiger partial charge < -0.3 is 5.32 Å². The average molecular weight is 389 g/mol. The number of thioether (sulfide) groups is 1. The number of hydrogen-bond acceptors (Lipinski definition) is 5. The van der Waals surface area contributed by atoms with Crippen molar-refractivity contribution in [2.24, 2.45) is 0 Å². The van der Waals surface area contributed by atoms with E-state index in [2.05, 4.69) is 59.0 Å². The van der Waals surface area contributed by atoms with Gasteiger partial charge in [0.25, 0.3) is 0 Å². The van der Waals surface area contributed by atoms with E-state index in [9.17, 15) is 4.79 Å². The van der Waals surface area contributed by atoms with Gasteiger partial charge in [0, 0.05) is 15.2 Å².